The third-order valence-electron chi connectivity index (χ3n) is 4.97. The molecule has 0 saturated heterocycles. The van der Waals surface area contributed by atoms with Gasteiger partial charge in [-0.1, -0.05) is 71.8 Å². The van der Waals surface area contributed by atoms with Crippen molar-refractivity contribution in [1.29, 1.82) is 0 Å². The molecule has 0 amide bonds. The summed E-state index contributed by atoms with van der Waals surface area (Å²) in [6, 6.07) is 15.8. The fourth-order valence-corrected chi connectivity index (χ4v) is 3.84. The van der Waals surface area contributed by atoms with Crippen LogP contribution in [0.15, 0.2) is 78.9 Å². The van der Waals surface area contributed by atoms with Crippen molar-refractivity contribution in [3.8, 4) is 0 Å². The third kappa shape index (κ3) is 2.43. The van der Waals surface area contributed by atoms with Gasteiger partial charge in [0.1, 0.15) is 0 Å². The van der Waals surface area contributed by atoms with Crippen molar-refractivity contribution >= 4 is 32.7 Å². The van der Waals surface area contributed by atoms with E-state index in [4.69, 9.17) is 0 Å². The first-order chi connectivity index (χ1) is 11.4. The van der Waals surface area contributed by atoms with E-state index < -0.39 is 0 Å². The van der Waals surface area contributed by atoms with Gasteiger partial charge >= 0.3 is 0 Å². The number of hydrogen-bond donors (Lipinski definition) is 0. The van der Waals surface area contributed by atoms with Gasteiger partial charge in [-0.25, -0.2) is 0 Å². The number of allylic oxidation sites excluding steroid dienone is 8. The monoisotopic (exact) mass is 383 g/mol. The Morgan fingerprint density at radius 3 is 2.29 bits per heavy atom. The van der Waals surface area contributed by atoms with Crippen LogP contribution in [-0.2, 0) is 26.2 Å². The molecule has 0 aliphatic heterocycles. The van der Waals surface area contributed by atoms with Crippen molar-refractivity contribution in [2.75, 3.05) is 0 Å². The van der Waals surface area contributed by atoms with Crippen molar-refractivity contribution in [3.05, 3.63) is 90.0 Å². The average molecular weight is 385 g/mol. The molecular weight excluding hydrogens is 367 g/mol. The normalized spacial score (nSPS) is 15.8. The maximum absolute atomic E-state index is 2.40. The van der Waals surface area contributed by atoms with E-state index in [9.17, 15) is 0 Å². The molecule has 0 aromatic heterocycles. The number of rotatable bonds is 2. The van der Waals surface area contributed by atoms with Crippen LogP contribution >= 0.6 is 0 Å². The van der Waals surface area contributed by atoms with Gasteiger partial charge in [0, 0.05) is 26.2 Å². The molecule has 24 heavy (non-hydrogen) atoms. The van der Waals surface area contributed by atoms with Gasteiger partial charge in [-0.3, -0.25) is 0 Å². The zero-order chi connectivity index (χ0) is 15.2. The maximum atomic E-state index is 2.40. The van der Waals surface area contributed by atoms with Crippen molar-refractivity contribution in [3.63, 3.8) is 0 Å². The molecule has 2 aliphatic rings. The second-order valence-electron chi connectivity index (χ2n) is 6.37. The van der Waals surface area contributed by atoms with Crippen molar-refractivity contribution in [2.24, 2.45) is 0 Å². The Labute approximate surface area is 161 Å². The second kappa shape index (κ2) is 6.22. The minimum atomic E-state index is 0. The van der Waals surface area contributed by atoms with E-state index in [0.717, 1.165) is 12.8 Å². The van der Waals surface area contributed by atoms with Crippen molar-refractivity contribution in [2.45, 2.75) is 12.8 Å². The molecule has 3 aromatic rings. The summed E-state index contributed by atoms with van der Waals surface area (Å²) >= 11 is 0. The van der Waals surface area contributed by atoms with Gasteiger partial charge in [0.05, 0.1) is 0 Å². The third-order valence-corrected chi connectivity index (χ3v) is 4.97. The number of fused-ring (bicyclic) bond motifs is 3. The van der Waals surface area contributed by atoms with Crippen LogP contribution in [0, 0.1) is 0 Å². The first kappa shape index (κ1) is 15.7. The largest absolute Gasteiger partial charge is 0.126 e. The van der Waals surface area contributed by atoms with Crippen LogP contribution in [0.4, 0.5) is 0 Å². The molecule has 0 unspecified atom stereocenters. The van der Waals surface area contributed by atoms with Crippen LogP contribution < -0.4 is 0 Å². The summed E-state index contributed by atoms with van der Waals surface area (Å²) in [5, 5.41) is 5.48. The molecule has 114 valence electrons. The molecule has 0 nitrogen and oxygen atoms in total. The summed E-state index contributed by atoms with van der Waals surface area (Å²) in [6.45, 7) is 0. The minimum absolute atomic E-state index is 0. The molecule has 0 radical (unpaired) electrons. The summed E-state index contributed by atoms with van der Waals surface area (Å²) in [5.41, 5.74) is 5.61. The van der Waals surface area contributed by atoms with Crippen LogP contribution in [0.3, 0.4) is 0 Å². The van der Waals surface area contributed by atoms with E-state index in [1.807, 2.05) is 0 Å². The summed E-state index contributed by atoms with van der Waals surface area (Å²) in [5.74, 6) is 0. The molecule has 0 N–H and O–H groups in total. The van der Waals surface area contributed by atoms with E-state index in [1.54, 1.807) is 0 Å². The van der Waals surface area contributed by atoms with E-state index in [0.29, 0.717) is 0 Å². The fourth-order valence-electron chi connectivity index (χ4n) is 3.84. The molecule has 5 rings (SSSR count). The molecule has 0 bridgehead atoms. The molecule has 0 saturated carbocycles. The molecule has 2 aliphatic carbocycles. The van der Waals surface area contributed by atoms with E-state index in [1.165, 1.54) is 43.8 Å². The summed E-state index contributed by atoms with van der Waals surface area (Å²) in [6.07, 6.45) is 15.4. The topological polar surface area (TPSA) is 0 Å². The Bertz CT molecular complexity index is 1050. The first-order valence-electron chi connectivity index (χ1n) is 8.24. The van der Waals surface area contributed by atoms with Gasteiger partial charge in [-0.05, 0) is 24.0 Å². The van der Waals surface area contributed by atoms with Crippen LogP contribution in [0.2, 0.25) is 0 Å². The number of hydrogen-bond acceptors (Lipinski definition) is 0. The molecule has 0 atom stereocenters. The van der Waals surface area contributed by atoms with Crippen LogP contribution in [-0.4, -0.2) is 0 Å². The fraction of sp³-hybridized carbons (Fsp3) is 0.0870. The smallest absolute Gasteiger partial charge is 0 e. The van der Waals surface area contributed by atoms with Crippen LogP contribution in [0.5, 0.6) is 0 Å². The predicted octanol–water partition coefficient (Wildman–Crippen LogP) is 6.40. The Kier molecular flexibility index (Phi) is 4.06. The molecule has 3 aromatic carbocycles. The van der Waals surface area contributed by atoms with E-state index in [2.05, 4.69) is 78.9 Å². The maximum Gasteiger partial charge on any atom is 0 e. The standard InChI is InChI=1S/C23H17.Zr/c1-2-8-16(7-1)19-14-20-13-18-11-5-6-12-21(18)23(20)22(15-19)17-9-3-4-10-17;/h1-7,9,11-15H,8,10H2;/q-1;. The SMILES string of the molecule is C1=CCC(c2cc(C3=CC=CC3)c3c(c2)[cH-]c2ccccc23)=C1.[Zr]. The van der Waals surface area contributed by atoms with Crippen LogP contribution in [0.25, 0.3) is 32.7 Å². The van der Waals surface area contributed by atoms with Gasteiger partial charge in [0.2, 0.25) is 0 Å². The van der Waals surface area contributed by atoms with Gasteiger partial charge < -0.3 is 0 Å². The van der Waals surface area contributed by atoms with Gasteiger partial charge in [0.15, 0.2) is 0 Å². The number of benzene rings is 2. The zero-order valence-corrected chi connectivity index (χ0v) is 15.9. The first-order valence-corrected chi connectivity index (χ1v) is 8.24. The summed E-state index contributed by atoms with van der Waals surface area (Å²) < 4.78 is 0. The van der Waals surface area contributed by atoms with E-state index in [-0.39, 0.29) is 26.2 Å². The molecular formula is C23H17Zr-. The van der Waals surface area contributed by atoms with Crippen molar-refractivity contribution < 1.29 is 26.2 Å². The molecule has 0 spiro atoms. The Balaban J connectivity index is 0.00000146. The molecule has 1 heteroatoms. The quantitative estimate of drug-likeness (QED) is 0.449. The van der Waals surface area contributed by atoms with Gasteiger partial charge in [-0.15, -0.1) is 39.7 Å². The van der Waals surface area contributed by atoms with Gasteiger partial charge in [-0.2, -0.15) is 0 Å². The Morgan fingerprint density at radius 1 is 0.792 bits per heavy atom. The Morgan fingerprint density at radius 2 is 1.54 bits per heavy atom. The van der Waals surface area contributed by atoms with E-state index >= 15 is 0 Å². The summed E-state index contributed by atoms with van der Waals surface area (Å²) in [4.78, 5) is 0. The average Bonchev–Trinajstić information content (AvgIpc) is 3.32. The molecule has 0 heterocycles. The van der Waals surface area contributed by atoms with Crippen molar-refractivity contribution in [1.82, 2.24) is 0 Å². The molecule has 0 fully saturated rings. The predicted molar refractivity (Wildman–Crippen MR) is 101 cm³/mol. The minimum Gasteiger partial charge on any atom is -0.126 e. The van der Waals surface area contributed by atoms with Gasteiger partial charge in [0.25, 0.3) is 0 Å². The van der Waals surface area contributed by atoms with Crippen LogP contribution in [0.1, 0.15) is 24.0 Å². The Hall–Kier alpha value is -1.85. The summed E-state index contributed by atoms with van der Waals surface area (Å²) in [7, 11) is 0. The second-order valence-corrected chi connectivity index (χ2v) is 6.37. The zero-order valence-electron chi connectivity index (χ0n) is 13.4.